The molecule has 2 N–H and O–H groups in total. The summed E-state index contributed by atoms with van der Waals surface area (Å²) in [5, 5.41) is 0.694. The Morgan fingerprint density at radius 1 is 0.938 bits per heavy atom. The summed E-state index contributed by atoms with van der Waals surface area (Å²) in [6.07, 6.45) is 1.57. The van der Waals surface area contributed by atoms with Gasteiger partial charge < -0.3 is 15.5 Å². The third-order valence-electron chi connectivity index (χ3n) is 6.51. The Balaban J connectivity index is 1.57. The summed E-state index contributed by atoms with van der Waals surface area (Å²) in [6.45, 7) is 10.8. The summed E-state index contributed by atoms with van der Waals surface area (Å²) in [7, 11) is 0. The lowest BCUT2D eigenvalue weighted by Crippen LogP contribution is -2.57. The first-order chi connectivity index (χ1) is 15.5. The van der Waals surface area contributed by atoms with Gasteiger partial charge in [0.2, 0.25) is 5.91 Å². The molecule has 0 saturated carbocycles. The van der Waals surface area contributed by atoms with Crippen LogP contribution >= 0.6 is 11.6 Å². The normalized spacial score (nSPS) is 16.8. The van der Waals surface area contributed by atoms with E-state index in [-0.39, 0.29) is 5.91 Å². The van der Waals surface area contributed by atoms with Gasteiger partial charge in [0.15, 0.2) is 0 Å². The highest BCUT2D eigenvalue weighted by molar-refractivity contribution is 6.30. The van der Waals surface area contributed by atoms with Crippen molar-refractivity contribution in [1.29, 1.82) is 0 Å². The second-order valence-electron chi connectivity index (χ2n) is 8.63. The maximum Gasteiger partial charge on any atom is 0.239 e. The first kappa shape index (κ1) is 24.7. The van der Waals surface area contributed by atoms with Crippen LogP contribution in [0.15, 0.2) is 54.6 Å². The van der Waals surface area contributed by atoms with Gasteiger partial charge in [-0.15, -0.1) is 0 Å². The molecule has 0 bridgehead atoms. The van der Waals surface area contributed by atoms with Crippen LogP contribution in [0, 0.1) is 0 Å². The number of nitrogens with zero attached hydrogens (tertiary/aromatic N) is 3. The van der Waals surface area contributed by atoms with E-state index >= 15 is 0 Å². The highest BCUT2D eigenvalue weighted by Crippen LogP contribution is 2.16. The number of likely N-dealkylation sites (N-methyl/N-ethyl adjacent to an activating group) is 1. The maximum atomic E-state index is 13.0. The van der Waals surface area contributed by atoms with Crippen LogP contribution in [0.4, 0.5) is 0 Å². The summed E-state index contributed by atoms with van der Waals surface area (Å²) in [5.74, 6) is 0.0444. The van der Waals surface area contributed by atoms with Gasteiger partial charge in [0.25, 0.3) is 0 Å². The number of benzene rings is 2. The zero-order chi connectivity index (χ0) is 22.9. The van der Waals surface area contributed by atoms with Crippen LogP contribution < -0.4 is 5.73 Å². The SMILES string of the molecule is CCN(CC)CC(Cc1ccccc1)N1CCN(C(=O)C(N)Cc2ccc(Cl)cc2)CC1. The largest absolute Gasteiger partial charge is 0.339 e. The molecule has 0 spiro atoms. The summed E-state index contributed by atoms with van der Waals surface area (Å²) >= 11 is 5.96. The van der Waals surface area contributed by atoms with Gasteiger partial charge in [-0.25, -0.2) is 0 Å². The van der Waals surface area contributed by atoms with Crippen molar-refractivity contribution in [2.24, 2.45) is 5.73 Å². The zero-order valence-corrected chi connectivity index (χ0v) is 20.2. The van der Waals surface area contributed by atoms with E-state index in [0.717, 1.165) is 57.8 Å². The molecule has 2 aromatic carbocycles. The zero-order valence-electron chi connectivity index (χ0n) is 19.4. The molecule has 1 aliphatic rings. The van der Waals surface area contributed by atoms with Crippen molar-refractivity contribution in [3.8, 4) is 0 Å². The van der Waals surface area contributed by atoms with Crippen molar-refractivity contribution >= 4 is 17.5 Å². The molecule has 32 heavy (non-hydrogen) atoms. The highest BCUT2D eigenvalue weighted by atomic mass is 35.5. The minimum atomic E-state index is -0.515. The lowest BCUT2D eigenvalue weighted by molar-refractivity contribution is -0.134. The number of piperazine rings is 1. The number of rotatable bonds is 10. The Morgan fingerprint density at radius 2 is 1.53 bits per heavy atom. The van der Waals surface area contributed by atoms with Gasteiger partial charge in [-0.05, 0) is 49.2 Å². The fourth-order valence-corrected chi connectivity index (χ4v) is 4.60. The van der Waals surface area contributed by atoms with Crippen LogP contribution in [0.5, 0.6) is 0 Å². The number of hydrogen-bond acceptors (Lipinski definition) is 4. The third kappa shape index (κ3) is 7.04. The van der Waals surface area contributed by atoms with Crippen molar-refractivity contribution < 1.29 is 4.79 Å². The van der Waals surface area contributed by atoms with Gasteiger partial charge in [-0.2, -0.15) is 0 Å². The van der Waals surface area contributed by atoms with Crippen molar-refractivity contribution in [1.82, 2.24) is 14.7 Å². The minimum absolute atomic E-state index is 0.0444. The van der Waals surface area contributed by atoms with Crippen molar-refractivity contribution in [2.45, 2.75) is 38.8 Å². The van der Waals surface area contributed by atoms with E-state index in [1.165, 1.54) is 5.56 Å². The maximum absolute atomic E-state index is 13.0. The second-order valence-corrected chi connectivity index (χ2v) is 9.06. The molecule has 1 aliphatic heterocycles. The van der Waals surface area contributed by atoms with E-state index in [4.69, 9.17) is 17.3 Å². The molecule has 0 aromatic heterocycles. The fourth-order valence-electron chi connectivity index (χ4n) is 4.48. The smallest absolute Gasteiger partial charge is 0.239 e. The van der Waals surface area contributed by atoms with Crippen molar-refractivity contribution in [3.63, 3.8) is 0 Å². The molecule has 0 aliphatic carbocycles. The van der Waals surface area contributed by atoms with Crippen LogP contribution in [0.2, 0.25) is 5.02 Å². The molecule has 0 radical (unpaired) electrons. The topological polar surface area (TPSA) is 52.8 Å². The lowest BCUT2D eigenvalue weighted by Gasteiger charge is -2.41. The Kier molecular flexibility index (Phi) is 9.54. The van der Waals surface area contributed by atoms with Gasteiger partial charge in [0.05, 0.1) is 6.04 Å². The van der Waals surface area contributed by atoms with Gasteiger partial charge in [-0.1, -0.05) is 67.9 Å². The van der Waals surface area contributed by atoms with Gasteiger partial charge in [-0.3, -0.25) is 9.69 Å². The molecule has 6 heteroatoms. The molecule has 5 nitrogen and oxygen atoms in total. The van der Waals surface area contributed by atoms with Crippen LogP contribution in [0.1, 0.15) is 25.0 Å². The first-order valence-corrected chi connectivity index (χ1v) is 12.2. The number of halogens is 1. The quantitative estimate of drug-likeness (QED) is 0.596. The number of hydrogen-bond donors (Lipinski definition) is 1. The summed E-state index contributed by atoms with van der Waals surface area (Å²) in [6, 6.07) is 18.2. The molecule has 1 saturated heterocycles. The summed E-state index contributed by atoms with van der Waals surface area (Å²) in [5.41, 5.74) is 8.68. The Hall–Kier alpha value is -1.92. The van der Waals surface area contributed by atoms with Gasteiger partial charge in [0, 0.05) is 43.8 Å². The third-order valence-corrected chi connectivity index (χ3v) is 6.76. The average molecular weight is 457 g/mol. The van der Waals surface area contributed by atoms with E-state index in [0.29, 0.717) is 17.5 Å². The molecule has 174 valence electrons. The number of carbonyl (C=O) groups excluding carboxylic acids is 1. The summed E-state index contributed by atoms with van der Waals surface area (Å²) < 4.78 is 0. The second kappa shape index (κ2) is 12.4. The van der Waals surface area contributed by atoms with E-state index in [1.807, 2.05) is 29.2 Å². The van der Waals surface area contributed by atoms with E-state index in [9.17, 15) is 4.79 Å². The molecule has 2 aromatic rings. The Bertz CT molecular complexity index is 817. The minimum Gasteiger partial charge on any atom is -0.339 e. The molecule has 3 rings (SSSR count). The van der Waals surface area contributed by atoms with E-state index in [1.54, 1.807) is 0 Å². The number of carbonyl (C=O) groups is 1. The van der Waals surface area contributed by atoms with Crippen molar-refractivity contribution in [3.05, 3.63) is 70.7 Å². The number of nitrogens with two attached hydrogens (primary N) is 1. The lowest BCUT2D eigenvalue weighted by atomic mass is 10.0. The first-order valence-electron chi connectivity index (χ1n) is 11.8. The molecule has 1 fully saturated rings. The van der Waals surface area contributed by atoms with Crippen LogP contribution in [0.3, 0.4) is 0 Å². The predicted octanol–water partition coefficient (Wildman–Crippen LogP) is 3.31. The molecule has 1 heterocycles. The average Bonchev–Trinajstić information content (AvgIpc) is 2.83. The van der Waals surface area contributed by atoms with E-state index in [2.05, 4.69) is 54.0 Å². The predicted molar refractivity (Wildman–Crippen MR) is 133 cm³/mol. The molecular formula is C26H37ClN4O. The van der Waals surface area contributed by atoms with Crippen LogP contribution in [0.25, 0.3) is 0 Å². The van der Waals surface area contributed by atoms with Gasteiger partial charge >= 0.3 is 0 Å². The monoisotopic (exact) mass is 456 g/mol. The Morgan fingerprint density at radius 3 is 2.12 bits per heavy atom. The fraction of sp³-hybridized carbons (Fsp3) is 0.500. The molecule has 2 unspecified atom stereocenters. The standard InChI is InChI=1S/C26H37ClN4O/c1-3-29(4-2)20-24(18-21-8-6-5-7-9-21)30-14-16-31(17-15-30)26(32)25(28)19-22-10-12-23(27)13-11-22/h5-13,24-25H,3-4,14-20,28H2,1-2H3. The highest BCUT2D eigenvalue weighted by Gasteiger charge is 2.29. The molecular weight excluding hydrogens is 420 g/mol. The molecule has 2 atom stereocenters. The summed E-state index contributed by atoms with van der Waals surface area (Å²) in [4.78, 5) is 19.9. The van der Waals surface area contributed by atoms with Crippen molar-refractivity contribution in [2.75, 3.05) is 45.8 Å². The number of amides is 1. The van der Waals surface area contributed by atoms with Crippen LogP contribution in [-0.4, -0.2) is 78.5 Å². The van der Waals surface area contributed by atoms with Crippen LogP contribution in [-0.2, 0) is 17.6 Å². The van der Waals surface area contributed by atoms with E-state index < -0.39 is 6.04 Å². The Labute approximate surface area is 198 Å². The van der Waals surface area contributed by atoms with Gasteiger partial charge in [0.1, 0.15) is 0 Å². The molecule has 1 amide bonds.